The third-order valence-electron chi connectivity index (χ3n) is 1.74. The molecular formula is C9H4F2OS. The van der Waals surface area contributed by atoms with Crippen LogP contribution in [0.15, 0.2) is 18.2 Å². The van der Waals surface area contributed by atoms with E-state index in [4.69, 9.17) is 0 Å². The number of benzene rings is 1. The molecule has 0 amide bonds. The zero-order chi connectivity index (χ0) is 9.42. The fourth-order valence-corrected chi connectivity index (χ4v) is 2.05. The molecule has 0 unspecified atom stereocenters. The molecule has 0 aliphatic heterocycles. The molecule has 0 saturated carbocycles. The van der Waals surface area contributed by atoms with E-state index in [9.17, 15) is 13.6 Å². The summed E-state index contributed by atoms with van der Waals surface area (Å²) in [6.45, 7) is 0. The molecule has 0 radical (unpaired) electrons. The first kappa shape index (κ1) is 8.31. The summed E-state index contributed by atoms with van der Waals surface area (Å²) < 4.78 is 26.5. The number of aldehydes is 1. The average Bonchev–Trinajstić information content (AvgIpc) is 2.45. The van der Waals surface area contributed by atoms with E-state index in [0.29, 0.717) is 6.29 Å². The highest BCUT2D eigenvalue weighted by atomic mass is 32.1. The predicted octanol–water partition coefficient (Wildman–Crippen LogP) is 2.99. The first-order chi connectivity index (χ1) is 6.24. The van der Waals surface area contributed by atoms with Gasteiger partial charge in [-0.3, -0.25) is 4.79 Å². The minimum absolute atomic E-state index is 0.0555. The van der Waals surface area contributed by atoms with Gasteiger partial charge in [-0.05, 0) is 6.07 Å². The van der Waals surface area contributed by atoms with E-state index >= 15 is 0 Å². The van der Waals surface area contributed by atoms with Crippen LogP contribution in [0.5, 0.6) is 0 Å². The Bertz CT molecular complexity index is 476. The highest BCUT2D eigenvalue weighted by Crippen LogP contribution is 2.30. The zero-order valence-electron chi connectivity index (χ0n) is 6.38. The quantitative estimate of drug-likeness (QED) is 0.644. The summed E-state index contributed by atoms with van der Waals surface area (Å²) in [5.74, 6) is -1.12. The van der Waals surface area contributed by atoms with Crippen molar-refractivity contribution < 1.29 is 13.6 Å². The fourth-order valence-electron chi connectivity index (χ4n) is 1.15. The maximum atomic E-state index is 13.2. The van der Waals surface area contributed by atoms with Crippen LogP contribution in [-0.2, 0) is 0 Å². The molecular weight excluding hydrogens is 194 g/mol. The molecule has 0 aliphatic rings. The highest BCUT2D eigenvalue weighted by molar-refractivity contribution is 7.20. The Morgan fingerprint density at radius 3 is 2.69 bits per heavy atom. The Kier molecular flexibility index (Phi) is 1.84. The van der Waals surface area contributed by atoms with Crippen LogP contribution in [0.4, 0.5) is 8.78 Å². The van der Waals surface area contributed by atoms with Crippen molar-refractivity contribution in [2.24, 2.45) is 0 Å². The van der Waals surface area contributed by atoms with E-state index in [2.05, 4.69) is 0 Å². The molecule has 0 bridgehead atoms. The predicted molar refractivity (Wildman–Crippen MR) is 47.1 cm³/mol. The number of hydrogen-bond donors (Lipinski definition) is 0. The molecule has 1 aromatic heterocycles. The Morgan fingerprint density at radius 2 is 2.08 bits per heavy atom. The second-order valence-electron chi connectivity index (χ2n) is 2.51. The third kappa shape index (κ3) is 1.14. The summed E-state index contributed by atoms with van der Waals surface area (Å²) in [5.41, 5.74) is 0. The maximum absolute atomic E-state index is 13.2. The molecule has 1 aromatic carbocycles. The van der Waals surface area contributed by atoms with Crippen molar-refractivity contribution in [3.63, 3.8) is 0 Å². The molecule has 0 N–H and O–H groups in total. The van der Waals surface area contributed by atoms with Crippen molar-refractivity contribution in [3.05, 3.63) is 34.7 Å². The van der Waals surface area contributed by atoms with Crippen LogP contribution in [0.1, 0.15) is 9.67 Å². The minimum Gasteiger partial charge on any atom is -0.297 e. The van der Waals surface area contributed by atoms with Crippen molar-refractivity contribution >= 4 is 27.7 Å². The van der Waals surface area contributed by atoms with Gasteiger partial charge in [0.05, 0.1) is 4.70 Å². The van der Waals surface area contributed by atoms with Gasteiger partial charge in [0.2, 0.25) is 0 Å². The van der Waals surface area contributed by atoms with Crippen molar-refractivity contribution in [3.8, 4) is 0 Å². The van der Waals surface area contributed by atoms with Gasteiger partial charge in [-0.15, -0.1) is 11.3 Å². The summed E-state index contributed by atoms with van der Waals surface area (Å²) in [5, 5.41) is 0.173. The average molecular weight is 198 g/mol. The number of halogens is 2. The minimum atomic E-state index is -0.630. The Labute approximate surface area is 76.6 Å². The second-order valence-corrected chi connectivity index (χ2v) is 3.57. The van der Waals surface area contributed by atoms with Crippen molar-refractivity contribution in [2.75, 3.05) is 0 Å². The molecule has 0 spiro atoms. The van der Waals surface area contributed by atoms with Gasteiger partial charge in [-0.2, -0.15) is 0 Å². The fraction of sp³-hybridized carbons (Fsp3) is 0. The van der Waals surface area contributed by atoms with Crippen LogP contribution < -0.4 is 0 Å². The van der Waals surface area contributed by atoms with Crippen LogP contribution in [0.2, 0.25) is 0 Å². The molecule has 4 heteroatoms. The van der Waals surface area contributed by atoms with Gasteiger partial charge >= 0.3 is 0 Å². The normalized spacial score (nSPS) is 10.6. The lowest BCUT2D eigenvalue weighted by Crippen LogP contribution is -1.77. The number of carbonyl (C=O) groups excluding carboxylic acids is 1. The Hall–Kier alpha value is -1.29. The molecule has 0 atom stereocenters. The number of thiophene rings is 1. The summed E-state index contributed by atoms with van der Waals surface area (Å²) >= 11 is 0.832. The summed E-state index contributed by atoms with van der Waals surface area (Å²) in [6, 6.07) is 4.12. The maximum Gasteiger partial charge on any atom is 0.163 e. The van der Waals surface area contributed by atoms with E-state index < -0.39 is 11.6 Å². The topological polar surface area (TPSA) is 17.1 Å². The molecule has 0 saturated heterocycles. The SMILES string of the molecule is O=Cc1sc2c(F)cccc2c1F. The van der Waals surface area contributed by atoms with Gasteiger partial charge in [0.25, 0.3) is 0 Å². The van der Waals surface area contributed by atoms with Crippen LogP contribution in [0.3, 0.4) is 0 Å². The monoisotopic (exact) mass is 198 g/mol. The number of hydrogen-bond acceptors (Lipinski definition) is 2. The standard InChI is InChI=1S/C9H4F2OS/c10-6-3-1-2-5-8(11)7(4-12)13-9(5)6/h1-4H. The first-order valence-electron chi connectivity index (χ1n) is 3.55. The Balaban J connectivity index is 2.91. The van der Waals surface area contributed by atoms with Gasteiger partial charge in [-0.25, -0.2) is 8.78 Å². The number of fused-ring (bicyclic) bond motifs is 1. The van der Waals surface area contributed by atoms with Crippen LogP contribution >= 0.6 is 11.3 Å². The van der Waals surface area contributed by atoms with Crippen molar-refractivity contribution in [1.82, 2.24) is 0 Å². The molecule has 13 heavy (non-hydrogen) atoms. The van der Waals surface area contributed by atoms with Crippen molar-refractivity contribution in [2.45, 2.75) is 0 Å². The van der Waals surface area contributed by atoms with Gasteiger partial charge in [0.15, 0.2) is 12.1 Å². The van der Waals surface area contributed by atoms with Crippen LogP contribution in [-0.4, -0.2) is 6.29 Å². The highest BCUT2D eigenvalue weighted by Gasteiger charge is 2.13. The van der Waals surface area contributed by atoms with E-state index in [1.165, 1.54) is 18.2 Å². The second kappa shape index (κ2) is 2.88. The lowest BCUT2D eigenvalue weighted by Gasteiger charge is -1.89. The van der Waals surface area contributed by atoms with Gasteiger partial charge in [-0.1, -0.05) is 12.1 Å². The summed E-state index contributed by atoms with van der Waals surface area (Å²) in [7, 11) is 0. The first-order valence-corrected chi connectivity index (χ1v) is 4.37. The molecule has 1 nitrogen and oxygen atoms in total. The van der Waals surface area contributed by atoms with E-state index in [0.717, 1.165) is 11.3 Å². The molecule has 2 rings (SSSR count). The largest absolute Gasteiger partial charge is 0.297 e. The van der Waals surface area contributed by atoms with Crippen LogP contribution in [0, 0.1) is 11.6 Å². The van der Waals surface area contributed by atoms with E-state index in [1.54, 1.807) is 0 Å². The van der Waals surface area contributed by atoms with E-state index in [1.807, 2.05) is 0 Å². The smallest absolute Gasteiger partial charge is 0.163 e. The number of carbonyl (C=O) groups is 1. The lowest BCUT2D eigenvalue weighted by atomic mass is 10.2. The summed E-state index contributed by atoms with van der Waals surface area (Å²) in [4.78, 5) is 10.3. The molecule has 2 aromatic rings. The summed E-state index contributed by atoms with van der Waals surface area (Å²) in [6.07, 6.45) is 0.402. The van der Waals surface area contributed by atoms with Gasteiger partial charge in [0, 0.05) is 5.39 Å². The van der Waals surface area contributed by atoms with Crippen molar-refractivity contribution in [1.29, 1.82) is 0 Å². The number of rotatable bonds is 1. The van der Waals surface area contributed by atoms with E-state index in [-0.39, 0.29) is 15.0 Å². The van der Waals surface area contributed by atoms with Gasteiger partial charge < -0.3 is 0 Å². The van der Waals surface area contributed by atoms with Crippen LogP contribution in [0.25, 0.3) is 10.1 Å². The third-order valence-corrected chi connectivity index (χ3v) is 2.85. The molecule has 1 heterocycles. The zero-order valence-corrected chi connectivity index (χ0v) is 7.20. The van der Waals surface area contributed by atoms with Gasteiger partial charge in [0.1, 0.15) is 10.7 Å². The molecule has 0 aliphatic carbocycles. The Morgan fingerprint density at radius 1 is 1.31 bits per heavy atom. The lowest BCUT2D eigenvalue weighted by molar-refractivity contribution is 0.112. The molecule has 0 fully saturated rings. The molecule has 66 valence electrons.